The number of nitrogens with one attached hydrogen (secondary N) is 2. The summed E-state index contributed by atoms with van der Waals surface area (Å²) in [6.07, 6.45) is 1.20. The van der Waals surface area contributed by atoms with Crippen LogP contribution in [0.15, 0.2) is 36.4 Å². The van der Waals surface area contributed by atoms with Gasteiger partial charge >= 0.3 is 0 Å². The molecule has 0 saturated carbocycles. The van der Waals surface area contributed by atoms with Gasteiger partial charge < -0.3 is 10.0 Å². The van der Waals surface area contributed by atoms with E-state index in [4.69, 9.17) is 34.8 Å². The largest absolute Gasteiger partial charge is 0.507 e. The molecule has 3 N–H and O–H groups in total. The maximum atomic E-state index is 12.7. The maximum Gasteiger partial charge on any atom is 0.273 e. The third kappa shape index (κ3) is 5.16. The van der Waals surface area contributed by atoms with E-state index in [0.29, 0.717) is 30.0 Å². The minimum atomic E-state index is -0.706. The predicted octanol–water partition coefficient (Wildman–Crippen LogP) is 3.67. The Balaban J connectivity index is 1.60. The molecule has 2 aromatic carbocycles. The van der Waals surface area contributed by atoms with Crippen molar-refractivity contribution in [3.8, 4) is 5.75 Å². The number of nitrogens with zero attached hydrogens (tertiary/aromatic N) is 1. The topological polar surface area (TPSA) is 98.7 Å². The lowest BCUT2D eigenvalue weighted by atomic mass is 9.96. The number of amides is 3. The van der Waals surface area contributed by atoms with Gasteiger partial charge in [-0.3, -0.25) is 25.2 Å². The highest BCUT2D eigenvalue weighted by Crippen LogP contribution is 2.25. The Bertz CT molecular complexity index is 999. The molecule has 1 aliphatic heterocycles. The number of carbonyl (C=O) groups excluding carboxylic acids is 3. The first-order chi connectivity index (χ1) is 14.3. The molecular weight excluding hydrogens is 453 g/mol. The molecule has 2 aromatic rings. The van der Waals surface area contributed by atoms with Crippen LogP contribution in [0, 0.1) is 5.92 Å². The summed E-state index contributed by atoms with van der Waals surface area (Å²) in [5.74, 6) is -2.15. The molecule has 1 heterocycles. The Morgan fingerprint density at radius 3 is 2.50 bits per heavy atom. The van der Waals surface area contributed by atoms with Crippen LogP contribution < -0.4 is 10.9 Å². The lowest BCUT2D eigenvalue weighted by Crippen LogP contribution is -2.50. The van der Waals surface area contributed by atoms with Crippen LogP contribution in [0.2, 0.25) is 15.1 Å². The van der Waals surface area contributed by atoms with Crippen molar-refractivity contribution in [3.63, 3.8) is 0 Å². The molecule has 0 radical (unpaired) electrons. The van der Waals surface area contributed by atoms with Gasteiger partial charge in [0.2, 0.25) is 5.91 Å². The van der Waals surface area contributed by atoms with E-state index in [-0.39, 0.29) is 33.8 Å². The second kappa shape index (κ2) is 9.55. The van der Waals surface area contributed by atoms with Crippen molar-refractivity contribution in [2.24, 2.45) is 5.92 Å². The van der Waals surface area contributed by atoms with E-state index in [1.807, 2.05) is 0 Å². The Morgan fingerprint density at radius 1 is 1.00 bits per heavy atom. The van der Waals surface area contributed by atoms with Crippen molar-refractivity contribution >= 4 is 52.5 Å². The van der Waals surface area contributed by atoms with E-state index in [2.05, 4.69) is 10.9 Å². The summed E-state index contributed by atoms with van der Waals surface area (Å²) in [5, 5.41) is 10.7. The van der Waals surface area contributed by atoms with E-state index < -0.39 is 17.7 Å². The van der Waals surface area contributed by atoms with Crippen LogP contribution in [0.5, 0.6) is 5.75 Å². The van der Waals surface area contributed by atoms with E-state index in [0.717, 1.165) is 0 Å². The highest BCUT2D eigenvalue weighted by molar-refractivity contribution is 6.42. The molecule has 1 saturated heterocycles. The van der Waals surface area contributed by atoms with E-state index in [1.165, 1.54) is 24.3 Å². The molecule has 158 valence electrons. The molecule has 3 amide bonds. The summed E-state index contributed by atoms with van der Waals surface area (Å²) in [6, 6.07) is 8.63. The number of hydrazine groups is 1. The zero-order valence-electron chi connectivity index (χ0n) is 15.6. The molecule has 3 rings (SSSR count). The number of hydrogen-bond acceptors (Lipinski definition) is 4. The fraction of sp³-hybridized carbons (Fsp3) is 0.250. The second-order valence-corrected chi connectivity index (χ2v) is 8.07. The minimum Gasteiger partial charge on any atom is -0.507 e. The highest BCUT2D eigenvalue weighted by Gasteiger charge is 2.29. The molecule has 1 atom stereocenters. The Morgan fingerprint density at radius 2 is 1.77 bits per heavy atom. The van der Waals surface area contributed by atoms with Crippen LogP contribution in [0.4, 0.5) is 0 Å². The number of benzene rings is 2. The number of likely N-dealkylation sites (tertiary alicyclic amines) is 1. The summed E-state index contributed by atoms with van der Waals surface area (Å²) in [6.45, 7) is 0.703. The van der Waals surface area contributed by atoms with Gasteiger partial charge in [0.15, 0.2) is 0 Å². The Hall–Kier alpha value is -2.48. The van der Waals surface area contributed by atoms with Crippen molar-refractivity contribution in [3.05, 3.63) is 62.6 Å². The molecule has 0 bridgehead atoms. The summed E-state index contributed by atoms with van der Waals surface area (Å²) in [5.41, 5.74) is 4.92. The summed E-state index contributed by atoms with van der Waals surface area (Å²) in [4.78, 5) is 39.0. The first-order valence-electron chi connectivity index (χ1n) is 9.09. The number of aromatic hydroxyl groups is 1. The lowest BCUT2D eigenvalue weighted by Gasteiger charge is -2.32. The van der Waals surface area contributed by atoms with Gasteiger partial charge in [-0.1, -0.05) is 34.8 Å². The average Bonchev–Trinajstić information content (AvgIpc) is 2.75. The Kier molecular flexibility index (Phi) is 7.07. The molecule has 10 heteroatoms. The third-order valence-corrected chi connectivity index (χ3v) is 5.72. The minimum absolute atomic E-state index is 0.0668. The van der Waals surface area contributed by atoms with Gasteiger partial charge in [0.05, 0.1) is 21.5 Å². The van der Waals surface area contributed by atoms with E-state index in [9.17, 15) is 19.5 Å². The zero-order valence-corrected chi connectivity index (χ0v) is 17.9. The van der Waals surface area contributed by atoms with Crippen molar-refractivity contribution in [1.82, 2.24) is 15.8 Å². The Labute approximate surface area is 187 Å². The van der Waals surface area contributed by atoms with Gasteiger partial charge in [-0.25, -0.2) is 0 Å². The van der Waals surface area contributed by atoms with Crippen molar-refractivity contribution in [1.29, 1.82) is 0 Å². The first-order valence-corrected chi connectivity index (χ1v) is 10.2. The van der Waals surface area contributed by atoms with Crippen LogP contribution in [-0.4, -0.2) is 40.8 Å². The number of piperidine rings is 1. The van der Waals surface area contributed by atoms with E-state index in [1.54, 1.807) is 17.0 Å². The molecule has 0 aliphatic carbocycles. The molecule has 7 nitrogen and oxygen atoms in total. The van der Waals surface area contributed by atoms with Crippen molar-refractivity contribution in [2.75, 3.05) is 13.1 Å². The zero-order chi connectivity index (χ0) is 21.8. The van der Waals surface area contributed by atoms with Crippen molar-refractivity contribution in [2.45, 2.75) is 12.8 Å². The van der Waals surface area contributed by atoms with Gasteiger partial charge in [0.25, 0.3) is 11.8 Å². The number of phenolic OH excluding ortho intramolecular Hbond substituents is 1. The van der Waals surface area contributed by atoms with E-state index >= 15 is 0 Å². The van der Waals surface area contributed by atoms with Gasteiger partial charge in [0, 0.05) is 23.7 Å². The molecular formula is C20H18Cl3N3O4. The molecule has 1 aliphatic rings. The molecule has 0 spiro atoms. The van der Waals surface area contributed by atoms with Crippen LogP contribution in [0.3, 0.4) is 0 Å². The summed E-state index contributed by atoms with van der Waals surface area (Å²) in [7, 11) is 0. The third-order valence-electron chi connectivity index (χ3n) is 4.75. The maximum absolute atomic E-state index is 12.7. The highest BCUT2D eigenvalue weighted by atomic mass is 35.5. The summed E-state index contributed by atoms with van der Waals surface area (Å²) >= 11 is 17.7. The van der Waals surface area contributed by atoms with Crippen LogP contribution >= 0.6 is 34.8 Å². The number of rotatable bonds is 3. The monoisotopic (exact) mass is 469 g/mol. The van der Waals surface area contributed by atoms with Gasteiger partial charge in [-0.15, -0.1) is 0 Å². The normalized spacial score (nSPS) is 16.1. The van der Waals surface area contributed by atoms with Gasteiger partial charge in [-0.2, -0.15) is 0 Å². The number of carbonyl (C=O) groups is 3. The first kappa shape index (κ1) is 22.2. The average molecular weight is 471 g/mol. The summed E-state index contributed by atoms with van der Waals surface area (Å²) < 4.78 is 0. The quantitative estimate of drug-likeness (QED) is 0.596. The van der Waals surface area contributed by atoms with Gasteiger partial charge in [-0.05, 0) is 49.2 Å². The number of halogens is 3. The smallest absolute Gasteiger partial charge is 0.273 e. The standard InChI is InChI=1S/C20H18Cl3N3O4/c21-13-4-6-17(27)14(9-13)19(29)25-24-18(28)12-2-1-7-26(10-12)20(30)11-3-5-15(22)16(23)8-11/h3-6,8-9,12,27H,1-2,7,10H2,(H,24,28)(H,25,29). The second-order valence-electron chi connectivity index (χ2n) is 6.82. The van der Waals surface area contributed by atoms with Crippen LogP contribution in [0.25, 0.3) is 0 Å². The SMILES string of the molecule is O=C(NNC(=O)C1CCCN(C(=O)c2ccc(Cl)c(Cl)c2)C1)c1cc(Cl)ccc1O. The van der Waals surface area contributed by atoms with Crippen LogP contribution in [0.1, 0.15) is 33.6 Å². The van der Waals surface area contributed by atoms with Gasteiger partial charge in [0.1, 0.15) is 5.75 Å². The molecule has 1 unspecified atom stereocenters. The van der Waals surface area contributed by atoms with Crippen molar-refractivity contribution < 1.29 is 19.5 Å². The molecule has 30 heavy (non-hydrogen) atoms. The lowest BCUT2D eigenvalue weighted by molar-refractivity contribution is -0.127. The molecule has 1 fully saturated rings. The predicted molar refractivity (Wildman–Crippen MR) is 114 cm³/mol. The fourth-order valence-corrected chi connectivity index (χ4v) is 3.64. The van der Waals surface area contributed by atoms with Crippen LogP contribution in [-0.2, 0) is 4.79 Å². The number of hydrogen-bond donors (Lipinski definition) is 3. The molecule has 0 aromatic heterocycles. The fourth-order valence-electron chi connectivity index (χ4n) is 3.17. The number of phenols is 1.